The average Bonchev–Trinajstić information content (AvgIpc) is 2.43. The number of aliphatic hydroxyl groups excluding tert-OH is 2. The maximum Gasteiger partial charge on any atom is 0.0431 e. The van der Waals surface area contributed by atoms with E-state index in [0.717, 1.165) is 12.8 Å². The van der Waals surface area contributed by atoms with E-state index in [9.17, 15) is 0 Å². The van der Waals surface area contributed by atoms with E-state index in [1.807, 2.05) is 0 Å². The normalized spacial score (nSPS) is 10.1. The Balaban J connectivity index is 0. The second-order valence-corrected chi connectivity index (χ2v) is 5.34. The zero-order chi connectivity index (χ0) is 14.6. The minimum atomic E-state index is 0.367. The van der Waals surface area contributed by atoms with Crippen molar-refractivity contribution < 1.29 is 10.2 Å². The molecule has 2 heteroatoms. The van der Waals surface area contributed by atoms with Crippen LogP contribution < -0.4 is 0 Å². The Hall–Kier alpha value is -0.0800. The SMILES string of the molecule is CCCCCCCCCO.CCCCCCCCO. The molecule has 0 fully saturated rings. The van der Waals surface area contributed by atoms with Gasteiger partial charge in [0.2, 0.25) is 0 Å². The van der Waals surface area contributed by atoms with Crippen LogP contribution in [-0.4, -0.2) is 23.4 Å². The zero-order valence-electron chi connectivity index (χ0n) is 13.5. The maximum absolute atomic E-state index is 8.47. The fourth-order valence-electron chi connectivity index (χ4n) is 1.96. The van der Waals surface area contributed by atoms with Gasteiger partial charge in [-0.1, -0.05) is 84.5 Å². The molecule has 0 atom stereocenters. The van der Waals surface area contributed by atoms with Crippen LogP contribution in [0.2, 0.25) is 0 Å². The number of unbranched alkanes of at least 4 members (excludes halogenated alkanes) is 11. The van der Waals surface area contributed by atoms with Gasteiger partial charge in [-0.05, 0) is 12.8 Å². The molecule has 2 N–H and O–H groups in total. The standard InChI is InChI=1S/C9H20O.C8H18O/c1-2-3-4-5-6-7-8-9-10;1-2-3-4-5-6-7-8-9/h10H,2-9H2,1H3;9H,2-8H2,1H3. The Morgan fingerprint density at radius 3 is 0.947 bits per heavy atom. The van der Waals surface area contributed by atoms with E-state index in [-0.39, 0.29) is 0 Å². The van der Waals surface area contributed by atoms with Crippen LogP contribution in [0, 0.1) is 0 Å². The van der Waals surface area contributed by atoms with Crippen molar-refractivity contribution in [3.8, 4) is 0 Å². The molecule has 0 amide bonds. The molecule has 0 saturated heterocycles. The lowest BCUT2D eigenvalue weighted by Crippen LogP contribution is -1.83. The van der Waals surface area contributed by atoms with Crippen molar-refractivity contribution in [2.24, 2.45) is 0 Å². The van der Waals surface area contributed by atoms with Crippen molar-refractivity contribution >= 4 is 0 Å². The van der Waals surface area contributed by atoms with Gasteiger partial charge in [-0.2, -0.15) is 0 Å². The van der Waals surface area contributed by atoms with Gasteiger partial charge < -0.3 is 10.2 Å². The van der Waals surface area contributed by atoms with Gasteiger partial charge in [0.15, 0.2) is 0 Å². The third-order valence-electron chi connectivity index (χ3n) is 3.27. The van der Waals surface area contributed by atoms with Crippen LogP contribution in [-0.2, 0) is 0 Å². The van der Waals surface area contributed by atoms with Crippen molar-refractivity contribution in [3.05, 3.63) is 0 Å². The third-order valence-corrected chi connectivity index (χ3v) is 3.27. The molecule has 0 spiro atoms. The first-order chi connectivity index (χ1) is 9.33. The molecule has 0 aromatic rings. The van der Waals surface area contributed by atoms with Crippen LogP contribution >= 0.6 is 0 Å². The summed E-state index contributed by atoms with van der Waals surface area (Å²) in [7, 11) is 0. The summed E-state index contributed by atoms with van der Waals surface area (Å²) in [5.74, 6) is 0. The molecular formula is C17H38O2. The second kappa shape index (κ2) is 23.0. The van der Waals surface area contributed by atoms with Crippen LogP contribution in [0.15, 0.2) is 0 Å². The van der Waals surface area contributed by atoms with Crippen molar-refractivity contribution in [2.45, 2.75) is 97.3 Å². The molecule has 0 unspecified atom stereocenters. The quantitative estimate of drug-likeness (QED) is 0.460. The molecule has 0 bridgehead atoms. The predicted molar refractivity (Wildman–Crippen MR) is 85.5 cm³/mol. The molecule has 0 aliphatic heterocycles. The number of hydrogen-bond acceptors (Lipinski definition) is 2. The van der Waals surface area contributed by atoms with Gasteiger partial charge >= 0.3 is 0 Å². The molecule has 0 aliphatic carbocycles. The molecule has 118 valence electrons. The van der Waals surface area contributed by atoms with E-state index in [0.29, 0.717) is 13.2 Å². The summed E-state index contributed by atoms with van der Waals surface area (Å²) in [5, 5.41) is 16.9. The topological polar surface area (TPSA) is 40.5 Å². The predicted octanol–water partition coefficient (Wildman–Crippen LogP) is 5.07. The lowest BCUT2D eigenvalue weighted by Gasteiger charge is -1.97. The fraction of sp³-hybridized carbons (Fsp3) is 1.00. The van der Waals surface area contributed by atoms with Crippen molar-refractivity contribution in [2.75, 3.05) is 13.2 Å². The summed E-state index contributed by atoms with van der Waals surface area (Å²) in [6, 6.07) is 0. The monoisotopic (exact) mass is 274 g/mol. The summed E-state index contributed by atoms with van der Waals surface area (Å²) in [5.41, 5.74) is 0. The summed E-state index contributed by atoms with van der Waals surface area (Å²) in [6.07, 6.45) is 16.4. The Labute approximate surface area is 121 Å². The van der Waals surface area contributed by atoms with Crippen molar-refractivity contribution in [3.63, 3.8) is 0 Å². The number of rotatable bonds is 13. The van der Waals surface area contributed by atoms with Crippen LogP contribution in [0.1, 0.15) is 97.3 Å². The minimum absolute atomic E-state index is 0.367. The van der Waals surface area contributed by atoms with Gasteiger partial charge in [0.05, 0.1) is 0 Å². The number of aliphatic hydroxyl groups is 2. The molecule has 0 aromatic carbocycles. The molecule has 0 aromatic heterocycles. The van der Waals surface area contributed by atoms with Gasteiger partial charge in [-0.25, -0.2) is 0 Å². The molecule has 19 heavy (non-hydrogen) atoms. The molecule has 0 heterocycles. The maximum atomic E-state index is 8.47. The first-order valence-electron chi connectivity index (χ1n) is 8.55. The average molecular weight is 274 g/mol. The van der Waals surface area contributed by atoms with E-state index in [1.54, 1.807) is 0 Å². The second-order valence-electron chi connectivity index (χ2n) is 5.34. The lowest BCUT2D eigenvalue weighted by atomic mass is 10.1. The molecule has 2 nitrogen and oxygen atoms in total. The van der Waals surface area contributed by atoms with Crippen molar-refractivity contribution in [1.82, 2.24) is 0 Å². The van der Waals surface area contributed by atoms with E-state index >= 15 is 0 Å². The van der Waals surface area contributed by atoms with Gasteiger partial charge in [0, 0.05) is 13.2 Å². The van der Waals surface area contributed by atoms with E-state index in [1.165, 1.54) is 70.6 Å². The zero-order valence-corrected chi connectivity index (χ0v) is 13.5. The Bertz CT molecular complexity index is 112. The first-order valence-corrected chi connectivity index (χ1v) is 8.55. The fourth-order valence-corrected chi connectivity index (χ4v) is 1.96. The third kappa shape index (κ3) is 27.2. The van der Waals surface area contributed by atoms with Crippen LogP contribution in [0.5, 0.6) is 0 Å². The highest BCUT2D eigenvalue weighted by molar-refractivity contribution is 4.43. The van der Waals surface area contributed by atoms with Crippen LogP contribution in [0.25, 0.3) is 0 Å². The lowest BCUT2D eigenvalue weighted by molar-refractivity contribution is 0.282. The highest BCUT2D eigenvalue weighted by Gasteiger charge is 1.88. The van der Waals surface area contributed by atoms with E-state index in [4.69, 9.17) is 10.2 Å². The molecular weight excluding hydrogens is 236 g/mol. The van der Waals surface area contributed by atoms with Gasteiger partial charge in [0.25, 0.3) is 0 Å². The summed E-state index contributed by atoms with van der Waals surface area (Å²) >= 11 is 0. The molecule has 0 saturated carbocycles. The highest BCUT2D eigenvalue weighted by Crippen LogP contribution is 2.06. The Morgan fingerprint density at radius 2 is 0.684 bits per heavy atom. The summed E-state index contributed by atoms with van der Waals surface area (Å²) in [4.78, 5) is 0. The van der Waals surface area contributed by atoms with Gasteiger partial charge in [-0.3, -0.25) is 0 Å². The van der Waals surface area contributed by atoms with Gasteiger partial charge in [0.1, 0.15) is 0 Å². The smallest absolute Gasteiger partial charge is 0.0431 e. The van der Waals surface area contributed by atoms with E-state index in [2.05, 4.69) is 13.8 Å². The van der Waals surface area contributed by atoms with Crippen LogP contribution in [0.3, 0.4) is 0 Å². The highest BCUT2D eigenvalue weighted by atomic mass is 16.3. The summed E-state index contributed by atoms with van der Waals surface area (Å²) in [6.45, 7) is 5.18. The van der Waals surface area contributed by atoms with Crippen LogP contribution in [0.4, 0.5) is 0 Å². The minimum Gasteiger partial charge on any atom is -0.396 e. The first kappa shape index (κ1) is 21.2. The summed E-state index contributed by atoms with van der Waals surface area (Å²) < 4.78 is 0. The van der Waals surface area contributed by atoms with E-state index < -0.39 is 0 Å². The Morgan fingerprint density at radius 1 is 0.421 bits per heavy atom. The van der Waals surface area contributed by atoms with Gasteiger partial charge in [-0.15, -0.1) is 0 Å². The Kier molecular flexibility index (Phi) is 25.7. The molecule has 0 radical (unpaired) electrons. The molecule has 0 rings (SSSR count). The number of hydrogen-bond donors (Lipinski definition) is 2. The largest absolute Gasteiger partial charge is 0.396 e. The van der Waals surface area contributed by atoms with Crippen molar-refractivity contribution in [1.29, 1.82) is 0 Å². The molecule has 0 aliphatic rings.